The van der Waals surface area contributed by atoms with E-state index in [0.29, 0.717) is 6.54 Å². The molecule has 0 radical (unpaired) electrons. The molecule has 0 aliphatic carbocycles. The van der Waals surface area contributed by atoms with Crippen LogP contribution in [0.5, 0.6) is 0 Å². The SMILES string of the molecule is Cl.OCCn1cc(NCCc2ccccc2)cn1. The molecule has 18 heavy (non-hydrogen) atoms. The fourth-order valence-electron chi connectivity index (χ4n) is 1.68. The van der Waals surface area contributed by atoms with Crippen LogP contribution in [-0.4, -0.2) is 28.0 Å². The summed E-state index contributed by atoms with van der Waals surface area (Å²) in [5.41, 5.74) is 2.32. The first-order chi connectivity index (χ1) is 8.38. The first-order valence-electron chi connectivity index (χ1n) is 5.79. The van der Waals surface area contributed by atoms with Crippen LogP contribution in [0.3, 0.4) is 0 Å². The van der Waals surface area contributed by atoms with Gasteiger partial charge in [-0.1, -0.05) is 30.3 Å². The van der Waals surface area contributed by atoms with Crippen molar-refractivity contribution in [2.45, 2.75) is 13.0 Å². The van der Waals surface area contributed by atoms with Crippen LogP contribution in [0, 0.1) is 0 Å². The minimum absolute atomic E-state index is 0. The second-order valence-corrected chi connectivity index (χ2v) is 3.88. The fraction of sp³-hybridized carbons (Fsp3) is 0.308. The number of hydrogen-bond donors (Lipinski definition) is 2. The molecule has 1 aromatic heterocycles. The third-order valence-electron chi connectivity index (χ3n) is 2.55. The molecule has 0 fully saturated rings. The first kappa shape index (κ1) is 14.5. The monoisotopic (exact) mass is 267 g/mol. The predicted molar refractivity (Wildman–Crippen MR) is 75.2 cm³/mol. The van der Waals surface area contributed by atoms with E-state index in [0.717, 1.165) is 18.7 Å². The lowest BCUT2D eigenvalue weighted by molar-refractivity contribution is 0.269. The number of nitrogens with zero attached hydrogens (tertiary/aromatic N) is 2. The maximum absolute atomic E-state index is 8.77. The third-order valence-corrected chi connectivity index (χ3v) is 2.55. The molecule has 0 saturated heterocycles. The van der Waals surface area contributed by atoms with Crippen molar-refractivity contribution < 1.29 is 5.11 Å². The van der Waals surface area contributed by atoms with Gasteiger partial charge in [-0.3, -0.25) is 4.68 Å². The largest absolute Gasteiger partial charge is 0.394 e. The molecule has 0 bridgehead atoms. The molecule has 0 atom stereocenters. The average Bonchev–Trinajstić information content (AvgIpc) is 2.79. The summed E-state index contributed by atoms with van der Waals surface area (Å²) in [6, 6.07) is 10.4. The quantitative estimate of drug-likeness (QED) is 0.841. The molecule has 0 saturated carbocycles. The predicted octanol–water partition coefficient (Wildman–Crippen LogP) is 1.95. The maximum atomic E-state index is 8.77. The number of anilines is 1. The number of hydrogen-bond acceptors (Lipinski definition) is 3. The van der Waals surface area contributed by atoms with Crippen molar-refractivity contribution in [3.63, 3.8) is 0 Å². The lowest BCUT2D eigenvalue weighted by atomic mass is 10.1. The van der Waals surface area contributed by atoms with Crippen LogP contribution in [0.25, 0.3) is 0 Å². The Balaban J connectivity index is 0.00000162. The van der Waals surface area contributed by atoms with Crippen molar-refractivity contribution in [2.24, 2.45) is 0 Å². The zero-order valence-electron chi connectivity index (χ0n) is 10.1. The molecular weight excluding hydrogens is 250 g/mol. The molecule has 0 spiro atoms. The Bertz CT molecular complexity index is 445. The molecule has 2 rings (SSSR count). The van der Waals surface area contributed by atoms with Gasteiger partial charge in [-0.25, -0.2) is 0 Å². The van der Waals surface area contributed by atoms with Crippen LogP contribution >= 0.6 is 12.4 Å². The van der Waals surface area contributed by atoms with Gasteiger partial charge < -0.3 is 10.4 Å². The lowest BCUT2D eigenvalue weighted by Gasteiger charge is -2.03. The summed E-state index contributed by atoms with van der Waals surface area (Å²) < 4.78 is 1.73. The van der Waals surface area contributed by atoms with Crippen LogP contribution in [0.2, 0.25) is 0 Å². The van der Waals surface area contributed by atoms with E-state index in [-0.39, 0.29) is 19.0 Å². The van der Waals surface area contributed by atoms with Crippen molar-refractivity contribution in [3.8, 4) is 0 Å². The molecule has 98 valence electrons. The Morgan fingerprint density at radius 2 is 2.00 bits per heavy atom. The summed E-state index contributed by atoms with van der Waals surface area (Å²) in [6.07, 6.45) is 4.67. The van der Waals surface area contributed by atoms with Gasteiger partial charge in [0.1, 0.15) is 0 Å². The topological polar surface area (TPSA) is 50.1 Å². The van der Waals surface area contributed by atoms with E-state index >= 15 is 0 Å². The van der Waals surface area contributed by atoms with E-state index in [1.807, 2.05) is 12.3 Å². The van der Waals surface area contributed by atoms with Crippen LogP contribution in [0.4, 0.5) is 5.69 Å². The van der Waals surface area contributed by atoms with Crippen molar-refractivity contribution in [1.29, 1.82) is 0 Å². The number of aromatic nitrogens is 2. The van der Waals surface area contributed by atoms with Gasteiger partial charge in [-0.15, -0.1) is 12.4 Å². The van der Waals surface area contributed by atoms with Gasteiger partial charge in [0.25, 0.3) is 0 Å². The minimum Gasteiger partial charge on any atom is -0.394 e. The summed E-state index contributed by atoms with van der Waals surface area (Å²) >= 11 is 0. The molecule has 1 heterocycles. The molecule has 4 nitrogen and oxygen atoms in total. The minimum atomic E-state index is 0. The number of aliphatic hydroxyl groups is 1. The van der Waals surface area contributed by atoms with Crippen molar-refractivity contribution in [2.75, 3.05) is 18.5 Å². The molecule has 0 aliphatic heterocycles. The Hall–Kier alpha value is -1.52. The van der Waals surface area contributed by atoms with E-state index in [9.17, 15) is 0 Å². The van der Waals surface area contributed by atoms with E-state index < -0.39 is 0 Å². The summed E-state index contributed by atoms with van der Waals surface area (Å²) in [5.74, 6) is 0. The molecule has 5 heteroatoms. The highest BCUT2D eigenvalue weighted by Crippen LogP contribution is 2.05. The summed E-state index contributed by atoms with van der Waals surface area (Å²) in [6.45, 7) is 1.54. The van der Waals surface area contributed by atoms with Crippen molar-refractivity contribution >= 4 is 18.1 Å². The van der Waals surface area contributed by atoms with Gasteiger partial charge in [0.2, 0.25) is 0 Å². The number of nitrogens with one attached hydrogen (secondary N) is 1. The Kier molecular flexibility index (Phi) is 6.25. The summed E-state index contributed by atoms with van der Waals surface area (Å²) in [7, 11) is 0. The van der Waals surface area contributed by atoms with Crippen LogP contribution in [-0.2, 0) is 13.0 Å². The van der Waals surface area contributed by atoms with Crippen LogP contribution < -0.4 is 5.32 Å². The van der Waals surface area contributed by atoms with Gasteiger partial charge in [0.15, 0.2) is 0 Å². The summed E-state index contributed by atoms with van der Waals surface area (Å²) in [5, 5.41) is 16.2. The van der Waals surface area contributed by atoms with Gasteiger partial charge in [0, 0.05) is 12.7 Å². The number of benzene rings is 1. The number of halogens is 1. The number of aliphatic hydroxyl groups excluding tert-OH is 1. The Morgan fingerprint density at radius 3 is 2.72 bits per heavy atom. The van der Waals surface area contributed by atoms with Crippen LogP contribution in [0.1, 0.15) is 5.56 Å². The van der Waals surface area contributed by atoms with E-state index in [4.69, 9.17) is 5.11 Å². The number of rotatable bonds is 6. The molecule has 0 aliphatic rings. The highest BCUT2D eigenvalue weighted by Gasteiger charge is 1.97. The zero-order chi connectivity index (χ0) is 11.9. The second-order valence-electron chi connectivity index (χ2n) is 3.88. The van der Waals surface area contributed by atoms with Gasteiger partial charge in [-0.05, 0) is 12.0 Å². The van der Waals surface area contributed by atoms with Crippen LogP contribution in [0.15, 0.2) is 42.7 Å². The normalized spacial score (nSPS) is 9.83. The Labute approximate surface area is 113 Å². The third kappa shape index (κ3) is 4.39. The smallest absolute Gasteiger partial charge is 0.0726 e. The van der Waals surface area contributed by atoms with Gasteiger partial charge >= 0.3 is 0 Å². The lowest BCUT2D eigenvalue weighted by Crippen LogP contribution is -2.04. The molecule has 2 aromatic rings. The average molecular weight is 268 g/mol. The van der Waals surface area contributed by atoms with E-state index in [2.05, 4.69) is 34.7 Å². The standard InChI is InChI=1S/C13H17N3O.ClH/c17-9-8-16-11-13(10-15-16)14-7-6-12-4-2-1-3-5-12;/h1-5,10-11,14,17H,6-9H2;1H. The highest BCUT2D eigenvalue weighted by molar-refractivity contribution is 5.85. The highest BCUT2D eigenvalue weighted by atomic mass is 35.5. The molecule has 0 unspecified atom stereocenters. The van der Waals surface area contributed by atoms with Gasteiger partial charge in [0.05, 0.1) is 25.0 Å². The first-order valence-corrected chi connectivity index (χ1v) is 5.79. The molecule has 1 aromatic carbocycles. The van der Waals surface area contributed by atoms with Crippen molar-refractivity contribution in [1.82, 2.24) is 9.78 Å². The zero-order valence-corrected chi connectivity index (χ0v) is 10.9. The van der Waals surface area contributed by atoms with E-state index in [1.165, 1.54) is 5.56 Å². The maximum Gasteiger partial charge on any atom is 0.0726 e. The fourth-order valence-corrected chi connectivity index (χ4v) is 1.68. The second kappa shape index (κ2) is 7.74. The summed E-state index contributed by atoms with van der Waals surface area (Å²) in [4.78, 5) is 0. The Morgan fingerprint density at radius 1 is 1.22 bits per heavy atom. The van der Waals surface area contributed by atoms with E-state index in [1.54, 1.807) is 10.9 Å². The molecule has 2 N–H and O–H groups in total. The molecular formula is C13H18ClN3O. The van der Waals surface area contributed by atoms with Gasteiger partial charge in [-0.2, -0.15) is 5.10 Å². The van der Waals surface area contributed by atoms with Crippen molar-refractivity contribution in [3.05, 3.63) is 48.3 Å². The molecule has 0 amide bonds.